The molecule has 0 bridgehead atoms. The highest BCUT2D eigenvalue weighted by Crippen LogP contribution is 2.36. The predicted octanol–water partition coefficient (Wildman–Crippen LogP) is 6.69. The van der Waals surface area contributed by atoms with Crippen molar-refractivity contribution in [1.29, 1.82) is 0 Å². The van der Waals surface area contributed by atoms with Crippen LogP contribution in [-0.2, 0) is 5.41 Å². The van der Waals surface area contributed by atoms with Crippen molar-refractivity contribution in [3.8, 4) is 0 Å². The van der Waals surface area contributed by atoms with Crippen molar-refractivity contribution in [2.24, 2.45) is 0 Å². The van der Waals surface area contributed by atoms with Gasteiger partial charge in [0.1, 0.15) is 0 Å². The van der Waals surface area contributed by atoms with Crippen molar-refractivity contribution in [1.82, 2.24) is 4.98 Å². The lowest BCUT2D eigenvalue weighted by Gasteiger charge is -2.26. The van der Waals surface area contributed by atoms with Gasteiger partial charge in [-0.15, -0.1) is 0 Å². The Morgan fingerprint density at radius 3 is 2.10 bits per heavy atom. The van der Waals surface area contributed by atoms with E-state index in [0.29, 0.717) is 0 Å². The summed E-state index contributed by atoms with van der Waals surface area (Å²) >= 11 is 4.51. The molecule has 1 heterocycles. The molecule has 0 aliphatic rings. The monoisotopic (exact) mass is 503 g/mol. The van der Waals surface area contributed by atoms with Crippen LogP contribution >= 0.6 is 45.2 Å². The van der Waals surface area contributed by atoms with Crippen molar-refractivity contribution in [2.45, 2.75) is 84.0 Å². The van der Waals surface area contributed by atoms with Gasteiger partial charge in [0.15, 0.2) is 7.47 Å². The first kappa shape index (κ1) is 18.7. The predicted molar refractivity (Wildman–Crippen MR) is 102 cm³/mol. The first-order valence-electron chi connectivity index (χ1n) is 7.85. The van der Waals surface area contributed by atoms with Crippen molar-refractivity contribution < 1.29 is 4.42 Å². The molecular weight excluding hydrogens is 476 g/mol. The molecule has 0 aromatic carbocycles. The van der Waals surface area contributed by atoms with Crippen LogP contribution in [0.15, 0.2) is 4.42 Å². The number of hydrogen-bond donors (Lipinski definition) is 0. The number of aromatic nitrogens is 1. The van der Waals surface area contributed by atoms with E-state index in [1.165, 1.54) is 57.8 Å². The Morgan fingerprint density at radius 2 is 1.55 bits per heavy atom. The van der Waals surface area contributed by atoms with Gasteiger partial charge in [-0.2, -0.15) is 0 Å². The molecule has 0 saturated carbocycles. The van der Waals surface area contributed by atoms with Gasteiger partial charge < -0.3 is 4.42 Å². The molecule has 1 aromatic heterocycles. The molecule has 0 N–H and O–H groups in total. The third-order valence-electron chi connectivity index (χ3n) is 3.98. The number of oxazole rings is 1. The van der Waals surface area contributed by atoms with Gasteiger partial charge in [-0.05, 0) is 35.4 Å². The SMILES string of the molecule is CCCCCCCC(C)(CCCC)c1nc(I)c(I)o1. The van der Waals surface area contributed by atoms with Gasteiger partial charge in [0.25, 0.3) is 0 Å². The Hall–Kier alpha value is 0.670. The molecule has 0 aliphatic heterocycles. The van der Waals surface area contributed by atoms with Crippen molar-refractivity contribution in [3.05, 3.63) is 13.4 Å². The van der Waals surface area contributed by atoms with Crippen LogP contribution in [0.5, 0.6) is 0 Å². The Balaban J connectivity index is 2.65. The molecule has 1 unspecified atom stereocenters. The Labute approximate surface area is 151 Å². The molecule has 1 rings (SSSR count). The van der Waals surface area contributed by atoms with Crippen LogP contribution in [0, 0.1) is 7.47 Å². The lowest BCUT2D eigenvalue weighted by Crippen LogP contribution is -2.22. The fourth-order valence-corrected chi connectivity index (χ4v) is 3.22. The minimum absolute atomic E-state index is 0.117. The minimum atomic E-state index is 0.117. The molecule has 0 spiro atoms. The summed E-state index contributed by atoms with van der Waals surface area (Å²) in [5, 5.41) is 0. The number of unbranched alkanes of at least 4 members (excludes halogenated alkanes) is 5. The van der Waals surface area contributed by atoms with Gasteiger partial charge >= 0.3 is 0 Å². The van der Waals surface area contributed by atoms with E-state index < -0.39 is 0 Å². The third kappa shape index (κ3) is 5.81. The van der Waals surface area contributed by atoms with Crippen LogP contribution in [0.3, 0.4) is 0 Å². The fraction of sp³-hybridized carbons (Fsp3) is 0.812. The summed E-state index contributed by atoms with van der Waals surface area (Å²) < 4.78 is 7.87. The van der Waals surface area contributed by atoms with Gasteiger partial charge in [-0.25, -0.2) is 4.98 Å². The van der Waals surface area contributed by atoms with Crippen LogP contribution in [0.25, 0.3) is 0 Å². The molecule has 0 saturated heterocycles. The summed E-state index contributed by atoms with van der Waals surface area (Å²) in [4.78, 5) is 4.66. The van der Waals surface area contributed by atoms with Gasteiger partial charge in [0.05, 0.1) is 0 Å². The molecule has 0 aliphatic carbocycles. The average Bonchev–Trinajstić information content (AvgIpc) is 2.77. The lowest BCUT2D eigenvalue weighted by atomic mass is 9.80. The second-order valence-electron chi connectivity index (χ2n) is 5.91. The van der Waals surface area contributed by atoms with E-state index in [4.69, 9.17) is 4.42 Å². The first-order chi connectivity index (χ1) is 9.53. The molecule has 1 aromatic rings. The smallest absolute Gasteiger partial charge is 0.202 e. The number of rotatable bonds is 10. The molecule has 116 valence electrons. The quantitative estimate of drug-likeness (QED) is 0.263. The first-order valence-corrected chi connectivity index (χ1v) is 10.0. The van der Waals surface area contributed by atoms with E-state index in [1.807, 2.05) is 0 Å². The van der Waals surface area contributed by atoms with E-state index in [0.717, 1.165) is 13.4 Å². The summed E-state index contributed by atoms with van der Waals surface area (Å²) in [6.45, 7) is 6.85. The van der Waals surface area contributed by atoms with Crippen LogP contribution in [-0.4, -0.2) is 4.98 Å². The summed E-state index contributed by atoms with van der Waals surface area (Å²) in [6, 6.07) is 0. The maximum atomic E-state index is 5.92. The van der Waals surface area contributed by atoms with Crippen LogP contribution in [0.2, 0.25) is 0 Å². The molecule has 20 heavy (non-hydrogen) atoms. The number of hydrogen-bond acceptors (Lipinski definition) is 2. The van der Waals surface area contributed by atoms with Crippen LogP contribution in [0.1, 0.15) is 84.4 Å². The summed E-state index contributed by atoms with van der Waals surface area (Å²) in [5.74, 6) is 0.954. The maximum absolute atomic E-state index is 5.92. The summed E-state index contributed by atoms with van der Waals surface area (Å²) in [7, 11) is 0. The van der Waals surface area contributed by atoms with Gasteiger partial charge in [0, 0.05) is 28.0 Å². The van der Waals surface area contributed by atoms with Gasteiger partial charge in [-0.3, -0.25) is 0 Å². The summed E-state index contributed by atoms with van der Waals surface area (Å²) in [5.41, 5.74) is 0.117. The highest BCUT2D eigenvalue weighted by atomic mass is 127. The zero-order valence-corrected chi connectivity index (χ0v) is 17.3. The molecule has 2 nitrogen and oxygen atoms in total. The Kier molecular flexibility index (Phi) is 9.02. The van der Waals surface area contributed by atoms with E-state index >= 15 is 0 Å². The maximum Gasteiger partial charge on any atom is 0.202 e. The van der Waals surface area contributed by atoms with E-state index in [2.05, 4.69) is 70.9 Å². The number of halogens is 2. The highest BCUT2D eigenvalue weighted by Gasteiger charge is 2.31. The molecule has 0 amide bonds. The van der Waals surface area contributed by atoms with E-state index in [9.17, 15) is 0 Å². The molecule has 0 fully saturated rings. The lowest BCUT2D eigenvalue weighted by molar-refractivity contribution is 0.284. The zero-order chi connectivity index (χ0) is 15.0. The van der Waals surface area contributed by atoms with Gasteiger partial charge in [0.2, 0.25) is 5.89 Å². The van der Waals surface area contributed by atoms with Crippen LogP contribution in [0.4, 0.5) is 0 Å². The Morgan fingerprint density at radius 1 is 0.950 bits per heavy atom. The largest absolute Gasteiger partial charge is 0.433 e. The second-order valence-corrected chi connectivity index (χ2v) is 7.91. The second kappa shape index (κ2) is 9.64. The molecule has 0 radical (unpaired) electrons. The third-order valence-corrected chi connectivity index (χ3v) is 6.47. The van der Waals surface area contributed by atoms with Gasteiger partial charge in [-0.1, -0.05) is 65.7 Å². The molecule has 1 atom stereocenters. The molecular formula is C16H27I2NO. The van der Waals surface area contributed by atoms with Crippen molar-refractivity contribution in [3.63, 3.8) is 0 Å². The normalized spacial score (nSPS) is 14.4. The van der Waals surface area contributed by atoms with Crippen molar-refractivity contribution >= 4 is 45.2 Å². The zero-order valence-electron chi connectivity index (χ0n) is 13.0. The highest BCUT2D eigenvalue weighted by molar-refractivity contribution is 14.1. The van der Waals surface area contributed by atoms with E-state index in [-0.39, 0.29) is 5.41 Å². The Bertz CT molecular complexity index is 372. The topological polar surface area (TPSA) is 26.0 Å². The fourth-order valence-electron chi connectivity index (χ4n) is 2.57. The summed E-state index contributed by atoms with van der Waals surface area (Å²) in [6.07, 6.45) is 11.5. The van der Waals surface area contributed by atoms with Crippen LogP contribution < -0.4 is 0 Å². The van der Waals surface area contributed by atoms with E-state index in [1.54, 1.807) is 0 Å². The van der Waals surface area contributed by atoms with Crippen molar-refractivity contribution in [2.75, 3.05) is 0 Å². The molecule has 4 heteroatoms. The minimum Gasteiger partial charge on any atom is -0.433 e. The standard InChI is InChI=1S/C16H27I2NO/c1-4-6-8-9-10-12-16(3,11-7-5-2)15-19-13(17)14(18)20-15/h4-12H2,1-3H3. The average molecular weight is 503 g/mol. The number of nitrogens with zero attached hydrogens (tertiary/aromatic N) is 1.